The predicted octanol–water partition coefficient (Wildman–Crippen LogP) is 3.15. The van der Waals surface area contributed by atoms with Crippen molar-refractivity contribution in [1.29, 1.82) is 0 Å². The van der Waals surface area contributed by atoms with E-state index in [0.29, 0.717) is 10.7 Å². The van der Waals surface area contributed by atoms with Crippen LogP contribution in [0.15, 0.2) is 48.5 Å². The van der Waals surface area contributed by atoms with Crippen LogP contribution in [0.1, 0.15) is 12.8 Å². The van der Waals surface area contributed by atoms with E-state index < -0.39 is 29.3 Å². The third kappa shape index (κ3) is 7.04. The van der Waals surface area contributed by atoms with E-state index in [-0.39, 0.29) is 24.2 Å². The number of ether oxygens (including phenoxy) is 1. The maximum absolute atomic E-state index is 11.8. The number of nitrogens with one attached hydrogen (secondary N) is 2. The third-order valence-electron chi connectivity index (χ3n) is 3.39. The number of halogens is 1. The molecule has 0 saturated heterocycles. The lowest BCUT2D eigenvalue weighted by atomic mass is 10.2. The highest BCUT2D eigenvalue weighted by Crippen LogP contribution is 2.17. The highest BCUT2D eigenvalue weighted by molar-refractivity contribution is 6.30. The number of nitro groups is 1. The second-order valence-electron chi connectivity index (χ2n) is 5.57. The van der Waals surface area contributed by atoms with Gasteiger partial charge in [-0.2, -0.15) is 0 Å². The van der Waals surface area contributed by atoms with Crippen molar-refractivity contribution in [1.82, 2.24) is 0 Å². The van der Waals surface area contributed by atoms with E-state index in [1.54, 1.807) is 24.3 Å². The second kappa shape index (κ2) is 10.0. The molecule has 0 bridgehead atoms. The topological polar surface area (TPSA) is 128 Å². The predicted molar refractivity (Wildman–Crippen MR) is 102 cm³/mol. The van der Waals surface area contributed by atoms with E-state index in [9.17, 15) is 24.5 Å². The van der Waals surface area contributed by atoms with E-state index >= 15 is 0 Å². The number of nitrogens with zero attached hydrogens (tertiary/aromatic N) is 1. The van der Waals surface area contributed by atoms with Gasteiger partial charge < -0.3 is 15.4 Å². The lowest BCUT2D eigenvalue weighted by Gasteiger charge is -2.07. The Morgan fingerprint density at radius 2 is 1.64 bits per heavy atom. The molecule has 0 spiro atoms. The Labute approximate surface area is 164 Å². The maximum Gasteiger partial charge on any atom is 0.306 e. The minimum absolute atomic E-state index is 0.163. The van der Waals surface area contributed by atoms with Gasteiger partial charge in [-0.05, 0) is 30.3 Å². The van der Waals surface area contributed by atoms with Gasteiger partial charge in [-0.1, -0.05) is 17.7 Å². The summed E-state index contributed by atoms with van der Waals surface area (Å²) in [6.45, 7) is -0.492. The van der Waals surface area contributed by atoms with E-state index in [1.165, 1.54) is 24.3 Å². The van der Waals surface area contributed by atoms with Crippen molar-refractivity contribution in [3.8, 4) is 0 Å². The molecule has 10 heteroatoms. The molecule has 2 amide bonds. The summed E-state index contributed by atoms with van der Waals surface area (Å²) < 4.78 is 4.80. The summed E-state index contributed by atoms with van der Waals surface area (Å²) in [5.74, 6) is -1.76. The van der Waals surface area contributed by atoms with E-state index in [4.69, 9.17) is 16.3 Å². The minimum atomic E-state index is -0.722. The fourth-order valence-corrected chi connectivity index (χ4v) is 2.21. The Bertz CT molecular complexity index is 885. The number of benzene rings is 2. The summed E-state index contributed by atoms with van der Waals surface area (Å²) in [6.07, 6.45) is -0.435. The molecule has 0 radical (unpaired) electrons. The van der Waals surface area contributed by atoms with Gasteiger partial charge >= 0.3 is 5.97 Å². The van der Waals surface area contributed by atoms with Crippen molar-refractivity contribution in [2.45, 2.75) is 12.8 Å². The van der Waals surface area contributed by atoms with Gasteiger partial charge in [0.2, 0.25) is 5.91 Å². The van der Waals surface area contributed by atoms with Crippen LogP contribution in [0, 0.1) is 10.1 Å². The van der Waals surface area contributed by atoms with Crippen molar-refractivity contribution in [3.63, 3.8) is 0 Å². The zero-order valence-electron chi connectivity index (χ0n) is 14.5. The molecule has 2 aromatic carbocycles. The highest BCUT2D eigenvalue weighted by Gasteiger charge is 2.12. The molecule has 9 nitrogen and oxygen atoms in total. The molecular formula is C18H16ClN3O6. The molecule has 0 fully saturated rings. The fraction of sp³-hybridized carbons (Fsp3) is 0.167. The van der Waals surface area contributed by atoms with Crippen LogP contribution in [0.4, 0.5) is 17.1 Å². The molecule has 0 unspecified atom stereocenters. The Morgan fingerprint density at radius 3 is 2.32 bits per heavy atom. The van der Waals surface area contributed by atoms with Gasteiger partial charge in [0.15, 0.2) is 6.61 Å². The van der Waals surface area contributed by atoms with Gasteiger partial charge in [0.25, 0.3) is 11.6 Å². The van der Waals surface area contributed by atoms with Crippen molar-refractivity contribution in [2.24, 2.45) is 0 Å². The highest BCUT2D eigenvalue weighted by atomic mass is 35.5. The number of esters is 1. The molecule has 0 saturated carbocycles. The maximum atomic E-state index is 11.8. The molecule has 0 aliphatic carbocycles. The van der Waals surface area contributed by atoms with Gasteiger partial charge in [-0.15, -0.1) is 0 Å². The van der Waals surface area contributed by atoms with Crippen molar-refractivity contribution in [2.75, 3.05) is 17.2 Å². The number of hydrogen-bond donors (Lipinski definition) is 2. The van der Waals surface area contributed by atoms with Crippen LogP contribution in [-0.4, -0.2) is 29.3 Å². The van der Waals surface area contributed by atoms with Crippen LogP contribution in [0.2, 0.25) is 5.02 Å². The first-order chi connectivity index (χ1) is 13.3. The second-order valence-corrected chi connectivity index (χ2v) is 6.01. The molecule has 0 aliphatic rings. The minimum Gasteiger partial charge on any atom is -0.456 e. The third-order valence-corrected chi connectivity index (χ3v) is 3.64. The largest absolute Gasteiger partial charge is 0.456 e. The van der Waals surface area contributed by atoms with Crippen LogP contribution in [0.5, 0.6) is 0 Å². The first-order valence-corrected chi connectivity index (χ1v) is 8.46. The molecule has 146 valence electrons. The molecule has 28 heavy (non-hydrogen) atoms. The fourth-order valence-electron chi connectivity index (χ4n) is 2.08. The number of carbonyl (C=O) groups excluding carboxylic acids is 3. The molecule has 2 N–H and O–H groups in total. The first-order valence-electron chi connectivity index (χ1n) is 8.09. The van der Waals surface area contributed by atoms with Crippen molar-refractivity contribution >= 4 is 46.4 Å². The summed E-state index contributed by atoms with van der Waals surface area (Å²) in [5, 5.41) is 16.2. The van der Waals surface area contributed by atoms with Crippen LogP contribution < -0.4 is 10.6 Å². The van der Waals surface area contributed by atoms with Gasteiger partial charge in [-0.3, -0.25) is 24.5 Å². The number of non-ortho nitro benzene ring substituents is 1. The van der Waals surface area contributed by atoms with Crippen LogP contribution >= 0.6 is 11.6 Å². The molecular weight excluding hydrogens is 390 g/mol. The van der Waals surface area contributed by atoms with Crippen molar-refractivity contribution < 1.29 is 24.0 Å². The summed E-state index contributed by atoms with van der Waals surface area (Å²) >= 11 is 5.74. The van der Waals surface area contributed by atoms with E-state index in [1.807, 2.05) is 0 Å². The first kappa shape index (κ1) is 20.8. The smallest absolute Gasteiger partial charge is 0.306 e. The monoisotopic (exact) mass is 405 g/mol. The van der Waals surface area contributed by atoms with Gasteiger partial charge in [0.1, 0.15) is 0 Å². The number of rotatable bonds is 8. The zero-order chi connectivity index (χ0) is 20.5. The Hall–Kier alpha value is -3.46. The number of anilines is 2. The number of carbonyl (C=O) groups is 3. The summed E-state index contributed by atoms with van der Waals surface area (Å²) in [4.78, 5) is 45.3. The van der Waals surface area contributed by atoms with Crippen LogP contribution in [0.3, 0.4) is 0 Å². The molecule has 2 aromatic rings. The Balaban J connectivity index is 1.70. The molecule has 0 aliphatic heterocycles. The Kier molecular flexibility index (Phi) is 7.46. The van der Waals surface area contributed by atoms with Crippen LogP contribution in [0.25, 0.3) is 0 Å². The summed E-state index contributed by atoms with van der Waals surface area (Å²) in [6, 6.07) is 11.8. The number of amides is 2. The van der Waals surface area contributed by atoms with E-state index in [2.05, 4.69) is 10.6 Å². The molecule has 2 rings (SSSR count). The lowest BCUT2D eigenvalue weighted by molar-refractivity contribution is -0.384. The normalized spacial score (nSPS) is 10.0. The van der Waals surface area contributed by atoms with Crippen LogP contribution in [-0.2, 0) is 19.1 Å². The average Bonchev–Trinajstić information content (AvgIpc) is 2.66. The van der Waals surface area contributed by atoms with Gasteiger partial charge in [0.05, 0.1) is 11.3 Å². The quantitative estimate of drug-likeness (QED) is 0.394. The van der Waals surface area contributed by atoms with Crippen molar-refractivity contribution in [3.05, 3.63) is 63.7 Å². The number of hydrogen-bond acceptors (Lipinski definition) is 6. The summed E-state index contributed by atoms with van der Waals surface area (Å²) in [5.41, 5.74) is 0.584. The lowest BCUT2D eigenvalue weighted by Crippen LogP contribution is -2.21. The standard InChI is InChI=1S/C18H16ClN3O6/c19-12-4-6-13(7-5-12)20-17(24)11-28-18(25)9-8-16(23)21-14-2-1-3-15(10-14)22(26)27/h1-7,10H,8-9,11H2,(H,20,24)(H,21,23). The SMILES string of the molecule is O=C(CCC(=O)OCC(=O)Nc1ccc(Cl)cc1)Nc1cccc([N+](=O)[O-])c1. The van der Waals surface area contributed by atoms with E-state index in [0.717, 1.165) is 0 Å². The average molecular weight is 406 g/mol. The molecule has 0 heterocycles. The zero-order valence-corrected chi connectivity index (χ0v) is 15.3. The number of nitro benzene ring substituents is 1. The Morgan fingerprint density at radius 1 is 0.964 bits per heavy atom. The molecule has 0 aromatic heterocycles. The summed E-state index contributed by atoms with van der Waals surface area (Å²) in [7, 11) is 0. The van der Waals surface area contributed by atoms with Gasteiger partial charge in [0, 0.05) is 35.0 Å². The van der Waals surface area contributed by atoms with Gasteiger partial charge in [-0.25, -0.2) is 0 Å². The molecule has 0 atom stereocenters.